The van der Waals surface area contributed by atoms with Gasteiger partial charge in [-0.2, -0.15) is 0 Å². The molecular formula is C14H13NO2S. The predicted molar refractivity (Wildman–Crippen MR) is 72.8 cm³/mol. The quantitative estimate of drug-likeness (QED) is 0.857. The van der Waals surface area contributed by atoms with Crippen molar-refractivity contribution in [1.29, 1.82) is 0 Å². The Hall–Kier alpha value is -1.94. The van der Waals surface area contributed by atoms with E-state index in [0.29, 0.717) is 6.42 Å². The first-order valence-corrected chi connectivity index (χ1v) is 6.44. The Labute approximate surface area is 109 Å². The van der Waals surface area contributed by atoms with E-state index >= 15 is 0 Å². The molecular weight excluding hydrogens is 246 g/mol. The zero-order valence-corrected chi connectivity index (χ0v) is 10.8. The summed E-state index contributed by atoms with van der Waals surface area (Å²) in [6.45, 7) is 2.05. The number of allylic oxidation sites excluding steroid dienone is 1. The lowest BCUT2D eigenvalue weighted by Gasteiger charge is -2.00. The van der Waals surface area contributed by atoms with Crippen molar-refractivity contribution in [2.45, 2.75) is 13.3 Å². The summed E-state index contributed by atoms with van der Waals surface area (Å²) in [4.78, 5) is 14.9. The van der Waals surface area contributed by atoms with Crippen molar-refractivity contribution in [1.82, 2.24) is 4.98 Å². The van der Waals surface area contributed by atoms with Gasteiger partial charge in [0.1, 0.15) is 0 Å². The third kappa shape index (κ3) is 3.05. The molecule has 1 heterocycles. The zero-order chi connectivity index (χ0) is 13.0. The van der Waals surface area contributed by atoms with Crippen LogP contribution in [0.4, 0.5) is 0 Å². The molecule has 1 aromatic carbocycles. The second kappa shape index (κ2) is 5.60. The number of carboxylic acid groups (broad SMARTS) is 1. The van der Waals surface area contributed by atoms with Crippen LogP contribution in [0.3, 0.4) is 0 Å². The summed E-state index contributed by atoms with van der Waals surface area (Å²) >= 11 is 1.55. The average Bonchev–Trinajstić information content (AvgIpc) is 2.78. The monoisotopic (exact) mass is 259 g/mol. The van der Waals surface area contributed by atoms with Gasteiger partial charge in [0.2, 0.25) is 0 Å². The van der Waals surface area contributed by atoms with Crippen LogP contribution in [0, 0.1) is 6.92 Å². The second-order valence-corrected chi connectivity index (χ2v) is 4.83. The largest absolute Gasteiger partial charge is 0.478 e. The van der Waals surface area contributed by atoms with Crippen LogP contribution >= 0.6 is 11.3 Å². The van der Waals surface area contributed by atoms with Gasteiger partial charge in [-0.3, -0.25) is 0 Å². The highest BCUT2D eigenvalue weighted by Gasteiger charge is 2.05. The van der Waals surface area contributed by atoms with E-state index in [1.807, 2.05) is 23.6 Å². The Kier molecular flexibility index (Phi) is 3.89. The normalized spacial score (nSPS) is 10.9. The number of hydrogen-bond donors (Lipinski definition) is 1. The summed E-state index contributed by atoms with van der Waals surface area (Å²) in [5, 5.41) is 11.4. The van der Waals surface area contributed by atoms with Crippen LogP contribution in [0.2, 0.25) is 0 Å². The number of carboxylic acids is 1. The number of aliphatic carboxylic acids is 1. The molecule has 92 valence electrons. The summed E-state index contributed by atoms with van der Waals surface area (Å²) in [7, 11) is 0. The highest BCUT2D eigenvalue weighted by Crippen LogP contribution is 2.25. The molecule has 0 bridgehead atoms. The Morgan fingerprint density at radius 1 is 1.44 bits per heavy atom. The van der Waals surface area contributed by atoms with Crippen LogP contribution in [0.15, 0.2) is 41.8 Å². The molecule has 0 aliphatic rings. The highest BCUT2D eigenvalue weighted by molar-refractivity contribution is 7.10. The lowest BCUT2D eigenvalue weighted by atomic mass is 10.1. The number of thiazole rings is 1. The third-order valence-electron chi connectivity index (χ3n) is 2.53. The van der Waals surface area contributed by atoms with Crippen molar-refractivity contribution in [3.63, 3.8) is 0 Å². The standard InChI is InChI=1S/C14H13NO2S/c1-10-5-2-3-6-11(10)12-9-18-13(15-12)7-4-8-14(16)17/h2-6,8-9H,7H2,1H3,(H,16,17)/b8-4+. The van der Waals surface area contributed by atoms with Crippen molar-refractivity contribution < 1.29 is 9.90 Å². The fraction of sp³-hybridized carbons (Fsp3) is 0.143. The van der Waals surface area contributed by atoms with Crippen molar-refractivity contribution in [2.75, 3.05) is 0 Å². The molecule has 2 aromatic rings. The topological polar surface area (TPSA) is 50.2 Å². The minimum atomic E-state index is -0.925. The maximum absolute atomic E-state index is 10.4. The number of carbonyl (C=O) groups is 1. The van der Waals surface area contributed by atoms with Gasteiger partial charge in [0.05, 0.1) is 10.7 Å². The summed E-state index contributed by atoms with van der Waals surface area (Å²) < 4.78 is 0. The van der Waals surface area contributed by atoms with Gasteiger partial charge in [0.15, 0.2) is 0 Å². The molecule has 0 saturated heterocycles. The van der Waals surface area contributed by atoms with E-state index in [9.17, 15) is 4.79 Å². The summed E-state index contributed by atoms with van der Waals surface area (Å²) in [5.41, 5.74) is 3.27. The summed E-state index contributed by atoms with van der Waals surface area (Å²) in [6, 6.07) is 8.09. The molecule has 0 amide bonds. The molecule has 0 radical (unpaired) electrons. The number of aromatic nitrogens is 1. The Morgan fingerprint density at radius 3 is 2.94 bits per heavy atom. The van der Waals surface area contributed by atoms with Crippen LogP contribution in [0.1, 0.15) is 10.6 Å². The van der Waals surface area contributed by atoms with Crippen LogP contribution < -0.4 is 0 Å². The van der Waals surface area contributed by atoms with E-state index in [2.05, 4.69) is 18.0 Å². The van der Waals surface area contributed by atoms with E-state index in [-0.39, 0.29) is 0 Å². The fourth-order valence-corrected chi connectivity index (χ4v) is 2.42. The summed E-state index contributed by atoms with van der Waals surface area (Å²) in [5.74, 6) is -0.925. The molecule has 4 heteroatoms. The van der Waals surface area contributed by atoms with E-state index in [1.165, 1.54) is 5.56 Å². The zero-order valence-electron chi connectivity index (χ0n) is 9.96. The van der Waals surface area contributed by atoms with Gasteiger partial charge in [0, 0.05) is 23.4 Å². The predicted octanol–water partition coefficient (Wildman–Crippen LogP) is 3.30. The average molecular weight is 259 g/mol. The number of aryl methyl sites for hydroxylation is 1. The number of nitrogens with zero attached hydrogens (tertiary/aromatic N) is 1. The van der Waals surface area contributed by atoms with Crippen LogP contribution in [-0.4, -0.2) is 16.1 Å². The first-order chi connectivity index (χ1) is 8.66. The van der Waals surface area contributed by atoms with Gasteiger partial charge in [-0.25, -0.2) is 9.78 Å². The minimum Gasteiger partial charge on any atom is -0.478 e. The second-order valence-electron chi connectivity index (χ2n) is 3.89. The van der Waals surface area contributed by atoms with Gasteiger partial charge in [-0.1, -0.05) is 30.3 Å². The molecule has 0 aliphatic heterocycles. The van der Waals surface area contributed by atoms with Crippen LogP contribution in [0.25, 0.3) is 11.3 Å². The van der Waals surface area contributed by atoms with Gasteiger partial charge in [0.25, 0.3) is 0 Å². The SMILES string of the molecule is Cc1ccccc1-c1csc(C/C=C/C(=O)O)n1. The van der Waals surface area contributed by atoms with Crippen molar-refractivity contribution >= 4 is 17.3 Å². The first-order valence-electron chi connectivity index (χ1n) is 5.56. The van der Waals surface area contributed by atoms with E-state index in [0.717, 1.165) is 22.3 Å². The van der Waals surface area contributed by atoms with Crippen LogP contribution in [-0.2, 0) is 11.2 Å². The molecule has 1 N–H and O–H groups in total. The third-order valence-corrected chi connectivity index (χ3v) is 3.40. The van der Waals surface area contributed by atoms with E-state index < -0.39 is 5.97 Å². The van der Waals surface area contributed by atoms with Gasteiger partial charge >= 0.3 is 5.97 Å². The van der Waals surface area contributed by atoms with Crippen molar-refractivity contribution in [2.24, 2.45) is 0 Å². The minimum absolute atomic E-state index is 0.558. The molecule has 0 spiro atoms. The molecule has 0 unspecified atom stereocenters. The van der Waals surface area contributed by atoms with Gasteiger partial charge in [-0.05, 0) is 12.5 Å². The smallest absolute Gasteiger partial charge is 0.327 e. The number of hydrogen-bond acceptors (Lipinski definition) is 3. The van der Waals surface area contributed by atoms with E-state index in [4.69, 9.17) is 5.11 Å². The molecule has 3 nitrogen and oxygen atoms in total. The Bertz CT molecular complexity index is 587. The number of rotatable bonds is 4. The van der Waals surface area contributed by atoms with Gasteiger partial charge < -0.3 is 5.11 Å². The lowest BCUT2D eigenvalue weighted by Crippen LogP contribution is -1.88. The first kappa shape index (κ1) is 12.5. The molecule has 0 saturated carbocycles. The van der Waals surface area contributed by atoms with Crippen LogP contribution in [0.5, 0.6) is 0 Å². The maximum atomic E-state index is 10.4. The molecule has 18 heavy (non-hydrogen) atoms. The van der Waals surface area contributed by atoms with E-state index in [1.54, 1.807) is 17.4 Å². The molecule has 1 aromatic heterocycles. The fourth-order valence-electron chi connectivity index (χ4n) is 1.65. The maximum Gasteiger partial charge on any atom is 0.327 e. The summed E-state index contributed by atoms with van der Waals surface area (Å²) in [6.07, 6.45) is 3.32. The molecule has 0 aliphatic carbocycles. The molecule has 0 atom stereocenters. The highest BCUT2D eigenvalue weighted by atomic mass is 32.1. The lowest BCUT2D eigenvalue weighted by molar-refractivity contribution is -0.131. The van der Waals surface area contributed by atoms with Crippen molar-refractivity contribution in [3.05, 3.63) is 52.4 Å². The van der Waals surface area contributed by atoms with Crippen molar-refractivity contribution in [3.8, 4) is 11.3 Å². The number of benzene rings is 1. The Balaban J connectivity index is 2.16. The Morgan fingerprint density at radius 2 is 2.22 bits per heavy atom. The van der Waals surface area contributed by atoms with Gasteiger partial charge in [-0.15, -0.1) is 11.3 Å². The molecule has 0 fully saturated rings. The molecule has 2 rings (SSSR count).